The van der Waals surface area contributed by atoms with Crippen molar-refractivity contribution in [3.8, 4) is 0 Å². The Labute approximate surface area is 135 Å². The molecule has 0 bridgehead atoms. The van der Waals surface area contributed by atoms with Crippen molar-refractivity contribution in [2.24, 2.45) is 0 Å². The Balaban J connectivity index is 2.21. The highest BCUT2D eigenvalue weighted by Crippen LogP contribution is 2.24. The van der Waals surface area contributed by atoms with Crippen LogP contribution in [0.2, 0.25) is 0 Å². The lowest BCUT2D eigenvalue weighted by Crippen LogP contribution is -2.28. The van der Waals surface area contributed by atoms with Crippen LogP contribution in [0.3, 0.4) is 0 Å². The van der Waals surface area contributed by atoms with E-state index in [1.54, 1.807) is 31.2 Å². The number of rotatable bonds is 6. The number of amides is 1. The second-order valence-electron chi connectivity index (χ2n) is 5.17. The molecule has 124 valence electrons. The smallest absolute Gasteiger partial charge is 0.256 e. The van der Waals surface area contributed by atoms with Gasteiger partial charge in [-0.15, -0.1) is 0 Å². The topological polar surface area (TPSA) is 101 Å². The van der Waals surface area contributed by atoms with Gasteiger partial charge >= 0.3 is 0 Å². The molecule has 0 saturated carbocycles. The van der Waals surface area contributed by atoms with Crippen molar-refractivity contribution >= 4 is 21.6 Å². The average Bonchev–Trinajstić information content (AvgIpc) is 2.94. The van der Waals surface area contributed by atoms with Crippen LogP contribution in [0.4, 0.5) is 5.69 Å². The first-order valence-corrected chi connectivity index (χ1v) is 9.02. The third-order valence-corrected chi connectivity index (χ3v) is 3.87. The maximum Gasteiger partial charge on any atom is 0.256 e. The first-order chi connectivity index (χ1) is 10.8. The molecule has 0 aliphatic heterocycles. The molecule has 1 aromatic carbocycles. The number of benzene rings is 1. The monoisotopic (exact) mass is 337 g/mol. The number of aromatic nitrogens is 1. The summed E-state index contributed by atoms with van der Waals surface area (Å²) >= 11 is 0. The molecule has 0 saturated heterocycles. The first-order valence-electron chi connectivity index (χ1n) is 7.13. The van der Waals surface area contributed by atoms with Gasteiger partial charge in [-0.3, -0.25) is 9.52 Å². The third-order valence-electron chi connectivity index (χ3n) is 3.28. The quantitative estimate of drug-likeness (QED) is 0.840. The zero-order chi connectivity index (χ0) is 17.0. The molecule has 0 spiro atoms. The minimum Gasteiger partial charge on any atom is -0.361 e. The number of sulfonamides is 1. The van der Waals surface area contributed by atoms with E-state index < -0.39 is 16.1 Å². The van der Waals surface area contributed by atoms with E-state index in [0.717, 1.165) is 6.26 Å². The molecule has 1 unspecified atom stereocenters. The number of aryl methyl sites for hydroxylation is 1. The molecule has 1 aromatic heterocycles. The molecule has 0 aliphatic rings. The molecule has 23 heavy (non-hydrogen) atoms. The summed E-state index contributed by atoms with van der Waals surface area (Å²) in [5.74, 6) is 0.196. The van der Waals surface area contributed by atoms with E-state index in [1.165, 1.54) is 6.20 Å². The van der Waals surface area contributed by atoms with E-state index in [0.29, 0.717) is 29.0 Å². The van der Waals surface area contributed by atoms with E-state index in [4.69, 9.17) is 4.52 Å². The lowest BCUT2D eigenvalue weighted by atomic mass is 10.1. The van der Waals surface area contributed by atoms with Crippen LogP contribution in [-0.4, -0.2) is 25.7 Å². The van der Waals surface area contributed by atoms with E-state index in [9.17, 15) is 13.2 Å². The van der Waals surface area contributed by atoms with Crippen LogP contribution in [0.1, 0.15) is 41.6 Å². The zero-order valence-corrected chi connectivity index (χ0v) is 14.0. The van der Waals surface area contributed by atoms with E-state index >= 15 is 0 Å². The van der Waals surface area contributed by atoms with E-state index in [1.807, 2.05) is 6.92 Å². The van der Waals surface area contributed by atoms with Crippen molar-refractivity contribution in [2.75, 3.05) is 11.0 Å². The number of hydrogen-bond donors (Lipinski definition) is 2. The fourth-order valence-electron chi connectivity index (χ4n) is 2.22. The highest BCUT2D eigenvalue weighted by Gasteiger charge is 2.19. The zero-order valence-electron chi connectivity index (χ0n) is 13.2. The SMILES string of the molecule is CCc1oncc1C(=O)NC(C)c1ccccc1NS(C)(=O)=O. The summed E-state index contributed by atoms with van der Waals surface area (Å²) in [6, 6.07) is 6.51. The summed E-state index contributed by atoms with van der Waals surface area (Å²) in [6.45, 7) is 3.64. The van der Waals surface area contributed by atoms with Gasteiger partial charge in [-0.25, -0.2) is 8.42 Å². The molecule has 8 heteroatoms. The van der Waals surface area contributed by atoms with Gasteiger partial charge in [0.1, 0.15) is 11.3 Å². The van der Waals surface area contributed by atoms with Crippen LogP contribution in [-0.2, 0) is 16.4 Å². The summed E-state index contributed by atoms with van der Waals surface area (Å²) in [5.41, 5.74) is 1.48. The predicted molar refractivity (Wildman–Crippen MR) is 86.7 cm³/mol. The molecule has 2 rings (SSSR count). The number of nitrogens with one attached hydrogen (secondary N) is 2. The molecule has 0 radical (unpaired) electrons. The number of anilines is 1. The number of carbonyl (C=O) groups excluding carboxylic acids is 1. The Morgan fingerprint density at radius 1 is 1.35 bits per heavy atom. The number of para-hydroxylation sites is 1. The second kappa shape index (κ2) is 6.82. The summed E-state index contributed by atoms with van der Waals surface area (Å²) < 4.78 is 30.4. The van der Waals surface area contributed by atoms with Crippen LogP contribution >= 0.6 is 0 Å². The van der Waals surface area contributed by atoms with Crippen molar-refractivity contribution in [1.29, 1.82) is 0 Å². The molecule has 1 heterocycles. The molecule has 7 nitrogen and oxygen atoms in total. The van der Waals surface area contributed by atoms with Gasteiger partial charge in [0.25, 0.3) is 5.91 Å². The minimum atomic E-state index is -3.40. The highest BCUT2D eigenvalue weighted by molar-refractivity contribution is 7.92. The van der Waals surface area contributed by atoms with Gasteiger partial charge in [0.15, 0.2) is 0 Å². The number of hydrogen-bond acceptors (Lipinski definition) is 5. The van der Waals surface area contributed by atoms with Gasteiger partial charge in [0.05, 0.1) is 24.2 Å². The first kappa shape index (κ1) is 17.0. The van der Waals surface area contributed by atoms with Gasteiger partial charge in [0, 0.05) is 6.42 Å². The Bertz CT molecular complexity index is 799. The van der Waals surface area contributed by atoms with Crippen molar-refractivity contribution in [3.05, 3.63) is 47.3 Å². The molecule has 2 N–H and O–H groups in total. The fraction of sp³-hybridized carbons (Fsp3) is 0.333. The van der Waals surface area contributed by atoms with Gasteiger partial charge in [-0.1, -0.05) is 30.3 Å². The minimum absolute atomic E-state index is 0.315. The normalized spacial score (nSPS) is 12.7. The predicted octanol–water partition coefficient (Wildman–Crippen LogP) is 2.10. The van der Waals surface area contributed by atoms with E-state index in [2.05, 4.69) is 15.2 Å². The number of nitrogens with zero attached hydrogens (tertiary/aromatic N) is 1. The third kappa shape index (κ3) is 4.32. The van der Waals surface area contributed by atoms with Crippen molar-refractivity contribution in [3.63, 3.8) is 0 Å². The Hall–Kier alpha value is -2.35. The molecule has 0 fully saturated rings. The summed E-state index contributed by atoms with van der Waals surface area (Å²) in [7, 11) is -3.40. The summed E-state index contributed by atoms with van der Waals surface area (Å²) in [4.78, 5) is 12.3. The highest BCUT2D eigenvalue weighted by atomic mass is 32.2. The van der Waals surface area contributed by atoms with Crippen LogP contribution < -0.4 is 10.0 Å². The van der Waals surface area contributed by atoms with Crippen molar-refractivity contribution < 1.29 is 17.7 Å². The van der Waals surface area contributed by atoms with Crippen molar-refractivity contribution in [2.45, 2.75) is 26.3 Å². The largest absolute Gasteiger partial charge is 0.361 e. The fourth-order valence-corrected chi connectivity index (χ4v) is 2.81. The van der Waals surface area contributed by atoms with Crippen LogP contribution in [0.15, 0.2) is 35.0 Å². The maximum atomic E-state index is 12.3. The van der Waals surface area contributed by atoms with Crippen LogP contribution in [0.5, 0.6) is 0 Å². The lowest BCUT2D eigenvalue weighted by Gasteiger charge is -2.18. The van der Waals surface area contributed by atoms with Gasteiger partial charge in [-0.2, -0.15) is 0 Å². The van der Waals surface area contributed by atoms with Gasteiger partial charge in [-0.05, 0) is 18.6 Å². The molecule has 2 aromatic rings. The Kier molecular flexibility index (Phi) is 5.05. The molecule has 1 amide bonds. The Morgan fingerprint density at radius 2 is 2.04 bits per heavy atom. The number of carbonyl (C=O) groups is 1. The van der Waals surface area contributed by atoms with Gasteiger partial charge in [0.2, 0.25) is 10.0 Å². The molecule has 1 atom stereocenters. The molecular formula is C15H19N3O4S. The standard InChI is InChI=1S/C15H19N3O4S/c1-4-14-12(9-16-22-14)15(19)17-10(2)11-7-5-6-8-13(11)18-23(3,20)21/h5-10,18H,4H2,1-3H3,(H,17,19). The Morgan fingerprint density at radius 3 is 2.70 bits per heavy atom. The second-order valence-corrected chi connectivity index (χ2v) is 6.92. The van der Waals surface area contributed by atoms with E-state index in [-0.39, 0.29) is 5.91 Å². The van der Waals surface area contributed by atoms with Gasteiger partial charge < -0.3 is 9.84 Å². The van der Waals surface area contributed by atoms with Crippen LogP contribution in [0.25, 0.3) is 0 Å². The average molecular weight is 337 g/mol. The van der Waals surface area contributed by atoms with Crippen LogP contribution in [0, 0.1) is 0 Å². The lowest BCUT2D eigenvalue weighted by molar-refractivity contribution is 0.0938. The summed E-state index contributed by atoms with van der Waals surface area (Å²) in [6.07, 6.45) is 3.02. The molecule has 0 aliphatic carbocycles. The van der Waals surface area contributed by atoms with Crippen molar-refractivity contribution in [1.82, 2.24) is 10.5 Å². The molecular weight excluding hydrogens is 318 g/mol. The maximum absolute atomic E-state index is 12.3. The summed E-state index contributed by atoms with van der Waals surface area (Å²) in [5, 5.41) is 6.46.